The van der Waals surface area contributed by atoms with E-state index in [1.54, 1.807) is 7.05 Å². The first kappa shape index (κ1) is 16.4. The highest BCUT2D eigenvalue weighted by molar-refractivity contribution is 5.84. The van der Waals surface area contributed by atoms with Gasteiger partial charge in [-0.25, -0.2) is 0 Å². The van der Waals surface area contributed by atoms with E-state index in [0.29, 0.717) is 0 Å². The zero-order chi connectivity index (χ0) is 14.7. The van der Waals surface area contributed by atoms with Crippen molar-refractivity contribution in [3.8, 4) is 0 Å². The monoisotopic (exact) mass is 270 g/mol. The molecular weight excluding hydrogens is 240 g/mol. The quantitative estimate of drug-likeness (QED) is 0.726. The van der Waals surface area contributed by atoms with Crippen molar-refractivity contribution in [3.05, 3.63) is 0 Å². The van der Waals surface area contributed by atoms with Gasteiger partial charge in [0.2, 0.25) is 5.91 Å². The Kier molecular flexibility index (Phi) is 5.35. The van der Waals surface area contributed by atoms with Crippen LogP contribution in [0.3, 0.4) is 0 Å². The molecule has 0 aromatic heterocycles. The van der Waals surface area contributed by atoms with Crippen molar-refractivity contribution in [3.63, 3.8) is 0 Å². The fourth-order valence-electron chi connectivity index (χ4n) is 2.56. The highest BCUT2D eigenvalue weighted by Gasteiger charge is 2.32. The Labute approximate surface area is 117 Å². The van der Waals surface area contributed by atoms with Gasteiger partial charge in [0.1, 0.15) is 0 Å². The van der Waals surface area contributed by atoms with Gasteiger partial charge >= 0.3 is 0 Å². The van der Waals surface area contributed by atoms with E-state index >= 15 is 0 Å². The Balaban J connectivity index is 2.40. The number of rotatable bonds is 6. The zero-order valence-corrected chi connectivity index (χ0v) is 13.1. The predicted octanol–water partition coefficient (Wildman–Crippen LogP) is 0.256. The molecule has 0 saturated carbocycles. The molecule has 1 aliphatic rings. The average Bonchev–Trinajstić information content (AvgIpc) is 2.33. The molecule has 19 heavy (non-hydrogen) atoms. The van der Waals surface area contributed by atoms with Gasteiger partial charge in [-0.1, -0.05) is 0 Å². The molecule has 0 aromatic carbocycles. The average molecular weight is 270 g/mol. The number of nitrogens with zero attached hydrogens (tertiary/aromatic N) is 2. The van der Waals surface area contributed by atoms with Crippen LogP contribution in [-0.2, 0) is 4.79 Å². The normalized spacial score (nSPS) is 24.1. The molecule has 5 nitrogen and oxygen atoms in total. The number of likely N-dealkylation sites (N-methyl/N-ethyl adjacent to an activating group) is 2. The summed E-state index contributed by atoms with van der Waals surface area (Å²) >= 11 is 0. The molecule has 1 aliphatic heterocycles. The van der Waals surface area contributed by atoms with Crippen molar-refractivity contribution in [2.24, 2.45) is 5.73 Å². The van der Waals surface area contributed by atoms with E-state index in [1.807, 2.05) is 6.92 Å². The number of carbonyl (C=O) groups excluding carboxylic acids is 1. The molecule has 0 aromatic rings. The summed E-state index contributed by atoms with van der Waals surface area (Å²) in [6, 6.07) is 0. The van der Waals surface area contributed by atoms with Gasteiger partial charge in [0.25, 0.3) is 0 Å². The van der Waals surface area contributed by atoms with Crippen LogP contribution in [0.4, 0.5) is 0 Å². The van der Waals surface area contributed by atoms with Crippen LogP contribution in [0.25, 0.3) is 0 Å². The largest absolute Gasteiger partial charge is 0.368 e. The predicted molar refractivity (Wildman–Crippen MR) is 79.0 cm³/mol. The summed E-state index contributed by atoms with van der Waals surface area (Å²) < 4.78 is 0. The Hall–Kier alpha value is -0.650. The van der Waals surface area contributed by atoms with E-state index < -0.39 is 5.54 Å². The van der Waals surface area contributed by atoms with E-state index in [0.717, 1.165) is 39.0 Å². The van der Waals surface area contributed by atoms with Crippen LogP contribution in [-0.4, -0.2) is 67.1 Å². The van der Waals surface area contributed by atoms with Gasteiger partial charge in [0.05, 0.1) is 5.54 Å². The van der Waals surface area contributed by atoms with Gasteiger partial charge in [-0.2, -0.15) is 0 Å². The lowest BCUT2D eigenvalue weighted by Crippen LogP contribution is -2.58. The summed E-state index contributed by atoms with van der Waals surface area (Å²) in [6.07, 6.45) is 1.77. The summed E-state index contributed by atoms with van der Waals surface area (Å²) in [5.41, 5.74) is 5.09. The van der Waals surface area contributed by atoms with Gasteiger partial charge in [-0.3, -0.25) is 9.69 Å². The lowest BCUT2D eigenvalue weighted by Gasteiger charge is -2.45. The fraction of sp³-hybridized carbons (Fsp3) is 0.929. The summed E-state index contributed by atoms with van der Waals surface area (Å²) in [5.74, 6) is -0.270. The van der Waals surface area contributed by atoms with Crippen LogP contribution in [0.15, 0.2) is 0 Å². The van der Waals surface area contributed by atoms with Crippen molar-refractivity contribution < 1.29 is 4.79 Å². The van der Waals surface area contributed by atoms with E-state index in [-0.39, 0.29) is 11.4 Å². The first-order valence-corrected chi connectivity index (χ1v) is 7.14. The van der Waals surface area contributed by atoms with Crippen LogP contribution >= 0.6 is 0 Å². The van der Waals surface area contributed by atoms with E-state index in [2.05, 4.69) is 36.0 Å². The maximum atomic E-state index is 11.4. The van der Waals surface area contributed by atoms with Crippen molar-refractivity contribution in [2.45, 2.75) is 44.7 Å². The van der Waals surface area contributed by atoms with Crippen molar-refractivity contribution in [1.29, 1.82) is 0 Å². The minimum atomic E-state index is -0.581. The zero-order valence-electron chi connectivity index (χ0n) is 13.1. The number of carbonyl (C=O) groups is 1. The van der Waals surface area contributed by atoms with E-state index in [9.17, 15) is 4.79 Å². The molecule has 3 N–H and O–H groups in total. The van der Waals surface area contributed by atoms with Crippen molar-refractivity contribution >= 4 is 5.91 Å². The third-order valence-electron chi connectivity index (χ3n) is 4.64. The second-order valence-electron chi connectivity index (χ2n) is 6.56. The maximum absolute atomic E-state index is 11.4. The summed E-state index contributed by atoms with van der Waals surface area (Å²) in [6.45, 7) is 10.8. The van der Waals surface area contributed by atoms with Gasteiger partial charge in [0, 0.05) is 25.2 Å². The summed E-state index contributed by atoms with van der Waals surface area (Å²) in [4.78, 5) is 16.3. The van der Waals surface area contributed by atoms with Crippen molar-refractivity contribution in [1.82, 2.24) is 15.1 Å². The molecule has 1 fully saturated rings. The Morgan fingerprint density at radius 3 is 2.53 bits per heavy atom. The summed E-state index contributed by atoms with van der Waals surface area (Å²) in [7, 11) is 3.98. The second kappa shape index (κ2) is 6.20. The first-order valence-electron chi connectivity index (χ1n) is 7.14. The van der Waals surface area contributed by atoms with Gasteiger partial charge in [-0.15, -0.1) is 0 Å². The molecule has 1 rings (SSSR count). The third-order valence-corrected chi connectivity index (χ3v) is 4.64. The van der Waals surface area contributed by atoms with Gasteiger partial charge in [-0.05, 0) is 54.3 Å². The molecule has 1 unspecified atom stereocenters. The molecule has 1 amide bonds. The number of piperazine rings is 1. The lowest BCUT2D eigenvalue weighted by atomic mass is 9.94. The number of hydrogen-bond acceptors (Lipinski definition) is 4. The molecule has 5 heteroatoms. The van der Waals surface area contributed by atoms with Crippen molar-refractivity contribution in [2.75, 3.05) is 40.3 Å². The number of nitrogens with one attached hydrogen (secondary N) is 1. The van der Waals surface area contributed by atoms with Crippen LogP contribution in [0.1, 0.15) is 33.6 Å². The van der Waals surface area contributed by atoms with Gasteiger partial charge < -0.3 is 16.0 Å². The summed E-state index contributed by atoms with van der Waals surface area (Å²) in [5, 5.41) is 3.04. The van der Waals surface area contributed by atoms with E-state index in [4.69, 9.17) is 5.73 Å². The molecule has 0 radical (unpaired) electrons. The highest BCUT2D eigenvalue weighted by atomic mass is 16.1. The lowest BCUT2D eigenvalue weighted by molar-refractivity contribution is -0.123. The number of hydrogen-bond donors (Lipinski definition) is 2. The SMILES string of the molecule is CNC(C)(CCCN1CCN(C)C(C)(C)C1)C(N)=O. The second-order valence-corrected chi connectivity index (χ2v) is 6.56. The van der Waals surface area contributed by atoms with E-state index in [1.165, 1.54) is 0 Å². The molecule has 0 spiro atoms. The minimum Gasteiger partial charge on any atom is -0.368 e. The maximum Gasteiger partial charge on any atom is 0.237 e. The van der Waals surface area contributed by atoms with Crippen LogP contribution in [0.5, 0.6) is 0 Å². The van der Waals surface area contributed by atoms with Crippen LogP contribution in [0, 0.1) is 0 Å². The Bertz CT molecular complexity index is 319. The molecular formula is C14H30N4O. The Morgan fingerprint density at radius 1 is 1.42 bits per heavy atom. The Morgan fingerprint density at radius 2 is 2.05 bits per heavy atom. The topological polar surface area (TPSA) is 61.6 Å². The molecule has 1 heterocycles. The molecule has 0 aliphatic carbocycles. The third kappa shape index (κ3) is 4.16. The molecule has 1 saturated heterocycles. The minimum absolute atomic E-state index is 0.230. The number of nitrogens with two attached hydrogens (primary N) is 1. The van der Waals surface area contributed by atoms with Gasteiger partial charge in [0.15, 0.2) is 0 Å². The van der Waals surface area contributed by atoms with Crippen LogP contribution in [0.2, 0.25) is 0 Å². The van der Waals surface area contributed by atoms with Crippen LogP contribution < -0.4 is 11.1 Å². The number of amides is 1. The fourth-order valence-corrected chi connectivity index (χ4v) is 2.56. The number of primary amides is 1. The first-order chi connectivity index (χ1) is 8.71. The standard InChI is InChI=1S/C14H30N4O/c1-13(2)11-18(10-9-17(13)5)8-6-7-14(3,16-4)12(15)19/h16H,6-11H2,1-5H3,(H2,15,19). The highest BCUT2D eigenvalue weighted by Crippen LogP contribution is 2.20. The molecule has 1 atom stereocenters. The molecule has 112 valence electrons. The molecule has 0 bridgehead atoms. The smallest absolute Gasteiger partial charge is 0.237 e.